The maximum absolute atomic E-state index is 12.2. The van der Waals surface area contributed by atoms with E-state index in [1.165, 1.54) is 12.1 Å². The Bertz CT molecular complexity index is 642. The van der Waals surface area contributed by atoms with Crippen LogP contribution in [0.15, 0.2) is 27.6 Å². The maximum Gasteiger partial charge on any atom is 0.252 e. The Kier molecular flexibility index (Phi) is 6.00. The largest absolute Gasteiger partial charge is 0.352 e. The molecule has 0 unspecified atom stereocenters. The molecule has 1 amide bonds. The summed E-state index contributed by atoms with van der Waals surface area (Å²) in [5.41, 5.74) is 0.343. The number of carbonyl (C=O) groups excluding carboxylic acids is 1. The van der Waals surface area contributed by atoms with Crippen molar-refractivity contribution < 1.29 is 13.2 Å². The molecule has 5 nitrogen and oxygen atoms in total. The SMILES string of the molecule is CCCCCNC(=O)c1cc(S(=O)(=O)NC2CC2)ccc1Br. The van der Waals surface area contributed by atoms with Gasteiger partial charge in [-0.15, -0.1) is 0 Å². The van der Waals surface area contributed by atoms with Gasteiger partial charge >= 0.3 is 0 Å². The molecular weight excluding hydrogens is 368 g/mol. The molecule has 1 aliphatic rings. The number of halogens is 1. The van der Waals surface area contributed by atoms with Crippen LogP contribution in [0, 0.1) is 0 Å². The molecule has 2 rings (SSSR count). The van der Waals surface area contributed by atoms with Crippen molar-refractivity contribution in [2.75, 3.05) is 6.54 Å². The lowest BCUT2D eigenvalue weighted by Gasteiger charge is -2.10. The van der Waals surface area contributed by atoms with Gasteiger partial charge in [-0.05, 0) is 53.4 Å². The van der Waals surface area contributed by atoms with Crippen LogP contribution in [-0.2, 0) is 10.0 Å². The van der Waals surface area contributed by atoms with Crippen LogP contribution < -0.4 is 10.0 Å². The van der Waals surface area contributed by atoms with E-state index in [1.54, 1.807) is 6.07 Å². The minimum atomic E-state index is -3.55. The molecule has 2 N–H and O–H groups in total. The number of sulfonamides is 1. The number of hydrogen-bond acceptors (Lipinski definition) is 3. The van der Waals surface area contributed by atoms with Crippen LogP contribution in [-0.4, -0.2) is 26.9 Å². The topological polar surface area (TPSA) is 75.3 Å². The monoisotopic (exact) mass is 388 g/mol. The Hall–Kier alpha value is -0.920. The van der Waals surface area contributed by atoms with Gasteiger partial charge in [0.05, 0.1) is 10.5 Å². The third-order valence-corrected chi connectivity index (χ3v) is 5.67. The first-order valence-corrected chi connectivity index (χ1v) is 9.81. The Morgan fingerprint density at radius 2 is 2.05 bits per heavy atom. The van der Waals surface area contributed by atoms with Crippen molar-refractivity contribution in [3.8, 4) is 0 Å². The molecule has 0 radical (unpaired) electrons. The number of unbranched alkanes of at least 4 members (excludes halogenated alkanes) is 2. The summed E-state index contributed by atoms with van der Waals surface area (Å²) in [6.07, 6.45) is 4.81. The number of nitrogens with one attached hydrogen (secondary N) is 2. The van der Waals surface area contributed by atoms with E-state index in [1.807, 2.05) is 0 Å². The fourth-order valence-electron chi connectivity index (χ4n) is 2.01. The third kappa shape index (κ3) is 4.79. The number of benzene rings is 1. The summed E-state index contributed by atoms with van der Waals surface area (Å²) in [5, 5.41) is 2.82. The lowest BCUT2D eigenvalue weighted by Crippen LogP contribution is -2.27. The Labute approximate surface area is 140 Å². The minimum Gasteiger partial charge on any atom is -0.352 e. The second-order valence-electron chi connectivity index (χ2n) is 5.50. The standard InChI is InChI=1S/C15H21BrN2O3S/c1-2-3-4-9-17-15(19)13-10-12(7-8-14(13)16)22(20,21)18-11-5-6-11/h7-8,10-11,18H,2-6,9H2,1H3,(H,17,19). The van der Waals surface area contributed by atoms with Gasteiger partial charge in [0.25, 0.3) is 5.91 Å². The average molecular weight is 389 g/mol. The van der Waals surface area contributed by atoms with Gasteiger partial charge in [-0.2, -0.15) is 0 Å². The number of rotatable bonds is 8. The highest BCUT2D eigenvalue weighted by molar-refractivity contribution is 9.10. The summed E-state index contributed by atoms with van der Waals surface area (Å²) in [6, 6.07) is 4.56. The predicted molar refractivity (Wildman–Crippen MR) is 89.3 cm³/mol. The maximum atomic E-state index is 12.2. The first-order valence-electron chi connectivity index (χ1n) is 7.54. The van der Waals surface area contributed by atoms with E-state index in [0.29, 0.717) is 16.6 Å². The van der Waals surface area contributed by atoms with Crippen LogP contribution in [0.25, 0.3) is 0 Å². The van der Waals surface area contributed by atoms with Crippen LogP contribution in [0.5, 0.6) is 0 Å². The molecule has 0 bridgehead atoms. The molecule has 1 aliphatic carbocycles. The highest BCUT2D eigenvalue weighted by Crippen LogP contribution is 2.25. The smallest absolute Gasteiger partial charge is 0.252 e. The molecule has 1 fully saturated rings. The van der Waals surface area contributed by atoms with Crippen molar-refractivity contribution >= 4 is 31.9 Å². The summed E-state index contributed by atoms with van der Waals surface area (Å²) in [5.74, 6) is -0.258. The van der Waals surface area contributed by atoms with Crippen LogP contribution >= 0.6 is 15.9 Å². The van der Waals surface area contributed by atoms with Crippen molar-refractivity contribution in [2.24, 2.45) is 0 Å². The summed E-state index contributed by atoms with van der Waals surface area (Å²) in [4.78, 5) is 12.3. The van der Waals surface area contributed by atoms with Crippen LogP contribution in [0.3, 0.4) is 0 Å². The molecule has 7 heteroatoms. The first-order chi connectivity index (χ1) is 10.4. The van der Waals surface area contributed by atoms with Crippen molar-refractivity contribution in [1.82, 2.24) is 10.0 Å². The van der Waals surface area contributed by atoms with Crippen molar-refractivity contribution in [3.63, 3.8) is 0 Å². The van der Waals surface area contributed by atoms with Crippen LogP contribution in [0.2, 0.25) is 0 Å². The number of carbonyl (C=O) groups is 1. The van der Waals surface area contributed by atoms with Gasteiger partial charge in [-0.1, -0.05) is 19.8 Å². The minimum absolute atomic E-state index is 0.0416. The molecule has 0 heterocycles. The summed E-state index contributed by atoms with van der Waals surface area (Å²) in [7, 11) is -3.55. The normalized spacial score (nSPS) is 14.8. The second-order valence-corrected chi connectivity index (χ2v) is 8.07. The first kappa shape index (κ1) is 17.4. The fraction of sp³-hybridized carbons (Fsp3) is 0.533. The number of amides is 1. The third-order valence-electron chi connectivity index (χ3n) is 3.46. The summed E-state index contributed by atoms with van der Waals surface area (Å²) in [6.45, 7) is 2.69. The van der Waals surface area contributed by atoms with E-state index < -0.39 is 10.0 Å². The number of hydrogen-bond donors (Lipinski definition) is 2. The van der Waals surface area contributed by atoms with Gasteiger partial charge in [-0.25, -0.2) is 13.1 Å². The fourth-order valence-corrected chi connectivity index (χ4v) is 3.76. The molecule has 0 saturated heterocycles. The zero-order chi connectivity index (χ0) is 16.2. The van der Waals surface area contributed by atoms with Crippen molar-refractivity contribution in [1.29, 1.82) is 0 Å². The van der Waals surface area contributed by atoms with Gasteiger partial charge in [0, 0.05) is 17.1 Å². The van der Waals surface area contributed by atoms with E-state index in [9.17, 15) is 13.2 Å². The van der Waals surface area contributed by atoms with Gasteiger partial charge in [0.1, 0.15) is 0 Å². The Morgan fingerprint density at radius 3 is 2.68 bits per heavy atom. The van der Waals surface area contributed by atoms with E-state index in [2.05, 4.69) is 32.9 Å². The molecule has 122 valence electrons. The van der Waals surface area contributed by atoms with E-state index in [0.717, 1.165) is 32.1 Å². The van der Waals surface area contributed by atoms with Crippen LogP contribution in [0.1, 0.15) is 49.4 Å². The van der Waals surface area contributed by atoms with Gasteiger partial charge < -0.3 is 5.32 Å². The molecule has 1 aromatic carbocycles. The molecule has 22 heavy (non-hydrogen) atoms. The second kappa shape index (κ2) is 7.57. The average Bonchev–Trinajstić information content (AvgIpc) is 3.27. The van der Waals surface area contributed by atoms with Crippen molar-refractivity contribution in [3.05, 3.63) is 28.2 Å². The van der Waals surface area contributed by atoms with E-state index >= 15 is 0 Å². The van der Waals surface area contributed by atoms with Gasteiger partial charge in [0.2, 0.25) is 10.0 Å². The summed E-state index contributed by atoms with van der Waals surface area (Å²) >= 11 is 3.31. The van der Waals surface area contributed by atoms with E-state index in [4.69, 9.17) is 0 Å². The lowest BCUT2D eigenvalue weighted by atomic mass is 10.2. The Balaban J connectivity index is 2.10. The molecule has 1 aromatic rings. The molecule has 0 atom stereocenters. The summed E-state index contributed by atoms with van der Waals surface area (Å²) < 4.78 is 27.6. The molecule has 0 aliphatic heterocycles. The van der Waals surface area contributed by atoms with Gasteiger partial charge in [-0.3, -0.25) is 4.79 Å². The molecule has 0 spiro atoms. The zero-order valence-electron chi connectivity index (χ0n) is 12.6. The quantitative estimate of drug-likeness (QED) is 0.672. The molecule has 0 aromatic heterocycles. The zero-order valence-corrected chi connectivity index (χ0v) is 15.0. The lowest BCUT2D eigenvalue weighted by molar-refractivity contribution is 0.0952. The molecule has 1 saturated carbocycles. The van der Waals surface area contributed by atoms with E-state index in [-0.39, 0.29) is 16.8 Å². The van der Waals surface area contributed by atoms with Crippen molar-refractivity contribution in [2.45, 2.75) is 50.0 Å². The van der Waals surface area contributed by atoms with Gasteiger partial charge in [0.15, 0.2) is 0 Å². The highest BCUT2D eigenvalue weighted by atomic mass is 79.9. The predicted octanol–water partition coefficient (Wildman–Crippen LogP) is 2.81. The molecular formula is C15H21BrN2O3S. The highest BCUT2D eigenvalue weighted by Gasteiger charge is 2.28. The van der Waals surface area contributed by atoms with Crippen LogP contribution in [0.4, 0.5) is 0 Å². The Morgan fingerprint density at radius 1 is 1.32 bits per heavy atom.